The molecule has 1 amide bonds. The molecule has 1 rings (SSSR count). The molecular weight excluding hydrogens is 369 g/mol. The molecule has 2 unspecified atom stereocenters. The molecule has 1 aromatic rings. The standard InChI is InChI=1S/C19H28NO6P/c1-18(2,3)25-16(21)12-15(27(23)26-19(4,5)6)20-17(22)24-13-14-10-8-7-9-11-14/h7-11,15H,12-13H2,1-6H3/p+1. The van der Waals surface area contributed by atoms with Gasteiger partial charge in [-0.1, -0.05) is 30.3 Å². The van der Waals surface area contributed by atoms with Gasteiger partial charge in [0, 0.05) is 0 Å². The fourth-order valence-electron chi connectivity index (χ4n) is 1.95. The molecule has 150 valence electrons. The van der Waals surface area contributed by atoms with Crippen LogP contribution in [0.2, 0.25) is 0 Å². The second-order valence-electron chi connectivity index (χ2n) is 8.00. The molecule has 0 aliphatic rings. The molecule has 2 atom stereocenters. The first-order chi connectivity index (χ1) is 12.4. The van der Waals surface area contributed by atoms with Crippen LogP contribution in [0.5, 0.6) is 0 Å². The highest BCUT2D eigenvalue weighted by Crippen LogP contribution is 2.36. The van der Waals surface area contributed by atoms with Crippen LogP contribution in [-0.4, -0.2) is 29.0 Å². The molecule has 0 heterocycles. The lowest BCUT2D eigenvalue weighted by molar-refractivity contribution is -0.154. The number of hydrogen-bond donors (Lipinski definition) is 1. The molecule has 0 fully saturated rings. The van der Waals surface area contributed by atoms with Crippen LogP contribution in [0.25, 0.3) is 0 Å². The third kappa shape index (κ3) is 10.7. The van der Waals surface area contributed by atoms with Crippen molar-refractivity contribution in [3.05, 3.63) is 35.9 Å². The Morgan fingerprint density at radius 2 is 1.63 bits per heavy atom. The van der Waals surface area contributed by atoms with Crippen molar-refractivity contribution in [2.24, 2.45) is 0 Å². The summed E-state index contributed by atoms with van der Waals surface area (Å²) in [7, 11) is -2.37. The number of carbonyl (C=O) groups is 2. The molecule has 7 nitrogen and oxygen atoms in total. The third-order valence-electron chi connectivity index (χ3n) is 2.90. The van der Waals surface area contributed by atoms with Gasteiger partial charge in [0.2, 0.25) is 0 Å². The maximum atomic E-state index is 12.5. The minimum absolute atomic E-state index is 0.0583. The molecule has 27 heavy (non-hydrogen) atoms. The van der Waals surface area contributed by atoms with E-state index in [2.05, 4.69) is 5.32 Å². The number of ether oxygens (including phenoxy) is 2. The van der Waals surface area contributed by atoms with E-state index in [1.54, 1.807) is 41.5 Å². The van der Waals surface area contributed by atoms with Crippen molar-refractivity contribution in [3.8, 4) is 0 Å². The summed E-state index contributed by atoms with van der Waals surface area (Å²) in [5.74, 6) is -1.64. The smallest absolute Gasteiger partial charge is 0.460 e. The number of carbonyl (C=O) groups excluding carboxylic acids is 2. The lowest BCUT2D eigenvalue weighted by atomic mass is 10.2. The lowest BCUT2D eigenvalue weighted by Gasteiger charge is -2.20. The molecule has 0 aliphatic carbocycles. The van der Waals surface area contributed by atoms with Crippen molar-refractivity contribution in [1.82, 2.24) is 5.32 Å². The second kappa shape index (κ2) is 9.81. The molecule has 0 saturated heterocycles. The summed E-state index contributed by atoms with van der Waals surface area (Å²) >= 11 is 0. The number of amides is 1. The Balaban J connectivity index is 2.72. The molecule has 0 aromatic heterocycles. The highest BCUT2D eigenvalue weighted by atomic mass is 31.1. The average molecular weight is 398 g/mol. The quantitative estimate of drug-likeness (QED) is 0.536. The Morgan fingerprint density at radius 1 is 1.04 bits per heavy atom. The van der Waals surface area contributed by atoms with Crippen LogP contribution in [0, 0.1) is 0 Å². The van der Waals surface area contributed by atoms with Gasteiger partial charge >= 0.3 is 20.1 Å². The van der Waals surface area contributed by atoms with Crippen LogP contribution in [0.3, 0.4) is 0 Å². The molecule has 8 heteroatoms. The van der Waals surface area contributed by atoms with Gasteiger partial charge in [-0.05, 0) is 51.7 Å². The van der Waals surface area contributed by atoms with Crippen molar-refractivity contribution >= 4 is 20.1 Å². The maximum absolute atomic E-state index is 12.5. The summed E-state index contributed by atoms with van der Waals surface area (Å²) in [4.78, 5) is 24.2. The van der Waals surface area contributed by atoms with Crippen LogP contribution < -0.4 is 5.32 Å². The predicted octanol–water partition coefficient (Wildman–Crippen LogP) is 4.53. The number of rotatable bonds is 7. The number of nitrogens with one attached hydrogen (secondary N) is 1. The largest absolute Gasteiger partial charge is 0.534 e. The van der Waals surface area contributed by atoms with E-state index in [1.165, 1.54) is 0 Å². The SMILES string of the molecule is CC(C)(C)OC(=O)CC(NC(=O)OCc1ccccc1)[P+](=O)OC(C)(C)C. The van der Waals surface area contributed by atoms with E-state index in [0.29, 0.717) is 0 Å². The predicted molar refractivity (Wildman–Crippen MR) is 102 cm³/mol. The van der Waals surface area contributed by atoms with Gasteiger partial charge in [-0.3, -0.25) is 10.1 Å². The van der Waals surface area contributed by atoms with Gasteiger partial charge in [0.15, 0.2) is 0 Å². The van der Waals surface area contributed by atoms with Crippen LogP contribution in [-0.2, 0) is 30.0 Å². The topological polar surface area (TPSA) is 90.9 Å². The zero-order valence-corrected chi connectivity index (χ0v) is 17.7. The van der Waals surface area contributed by atoms with E-state index in [-0.39, 0.29) is 13.0 Å². The Bertz CT molecular complexity index is 648. The highest BCUT2D eigenvalue weighted by Gasteiger charge is 2.41. The Labute approximate surface area is 161 Å². The zero-order valence-electron chi connectivity index (χ0n) is 16.8. The fraction of sp³-hybridized carbons (Fsp3) is 0.579. The lowest BCUT2D eigenvalue weighted by Crippen LogP contribution is -2.37. The fourth-order valence-corrected chi connectivity index (χ4v) is 3.13. The normalized spacial score (nSPS) is 13.5. The Hall–Kier alpha value is -1.98. The minimum atomic E-state index is -2.37. The third-order valence-corrected chi connectivity index (χ3v) is 4.44. The van der Waals surface area contributed by atoms with Crippen LogP contribution in [0.4, 0.5) is 4.79 Å². The van der Waals surface area contributed by atoms with E-state index >= 15 is 0 Å². The minimum Gasteiger partial charge on any atom is -0.460 e. The van der Waals surface area contributed by atoms with Crippen molar-refractivity contribution in [2.75, 3.05) is 0 Å². The average Bonchev–Trinajstić information content (AvgIpc) is 2.50. The summed E-state index contributed by atoms with van der Waals surface area (Å²) in [6.45, 7) is 10.4. The van der Waals surface area contributed by atoms with Gasteiger partial charge < -0.3 is 9.47 Å². The van der Waals surface area contributed by atoms with Gasteiger partial charge in [-0.2, -0.15) is 0 Å². The van der Waals surface area contributed by atoms with E-state index in [0.717, 1.165) is 5.56 Å². The molecule has 0 aliphatic heterocycles. The number of esters is 1. The summed E-state index contributed by atoms with van der Waals surface area (Å²) < 4.78 is 28.3. The first kappa shape index (κ1) is 23.1. The van der Waals surface area contributed by atoms with Crippen molar-refractivity contribution in [2.45, 2.75) is 71.6 Å². The molecular formula is C19H29NO6P+. The van der Waals surface area contributed by atoms with Gasteiger partial charge in [0.1, 0.15) is 24.2 Å². The van der Waals surface area contributed by atoms with Gasteiger partial charge in [-0.15, -0.1) is 4.52 Å². The molecule has 0 saturated carbocycles. The number of benzene rings is 1. The summed E-state index contributed by atoms with van der Waals surface area (Å²) in [5, 5.41) is 2.46. The van der Waals surface area contributed by atoms with E-state index in [9.17, 15) is 14.2 Å². The number of hydrogen-bond acceptors (Lipinski definition) is 6. The van der Waals surface area contributed by atoms with Gasteiger partial charge in [0.05, 0.1) is 0 Å². The van der Waals surface area contributed by atoms with E-state index < -0.39 is 37.1 Å². The van der Waals surface area contributed by atoms with Gasteiger partial charge in [-0.25, -0.2) is 4.79 Å². The van der Waals surface area contributed by atoms with Crippen molar-refractivity contribution < 1.29 is 28.2 Å². The first-order valence-electron chi connectivity index (χ1n) is 8.70. The van der Waals surface area contributed by atoms with E-state index in [4.69, 9.17) is 14.0 Å². The Kier molecular flexibility index (Phi) is 8.38. The zero-order chi connectivity index (χ0) is 20.7. The molecule has 1 aromatic carbocycles. The summed E-state index contributed by atoms with van der Waals surface area (Å²) in [6, 6.07) is 9.14. The summed E-state index contributed by atoms with van der Waals surface area (Å²) in [6.07, 6.45) is -1.07. The highest BCUT2D eigenvalue weighted by molar-refractivity contribution is 7.40. The summed E-state index contributed by atoms with van der Waals surface area (Å²) in [5.41, 5.74) is -0.576. The number of alkyl carbamates (subject to hydrolysis) is 1. The first-order valence-corrected chi connectivity index (χ1v) is 9.95. The second-order valence-corrected chi connectivity index (χ2v) is 9.38. The molecule has 0 bridgehead atoms. The van der Waals surface area contributed by atoms with Gasteiger partial charge in [0.25, 0.3) is 5.78 Å². The van der Waals surface area contributed by atoms with Crippen LogP contribution in [0.1, 0.15) is 53.5 Å². The molecule has 1 N–H and O–H groups in total. The van der Waals surface area contributed by atoms with Crippen LogP contribution >= 0.6 is 8.03 Å². The van der Waals surface area contributed by atoms with Crippen molar-refractivity contribution in [1.29, 1.82) is 0 Å². The molecule has 0 radical (unpaired) electrons. The monoisotopic (exact) mass is 398 g/mol. The molecule has 0 spiro atoms. The maximum Gasteiger partial charge on any atom is 0.534 e. The Morgan fingerprint density at radius 3 is 2.15 bits per heavy atom. The van der Waals surface area contributed by atoms with Crippen molar-refractivity contribution in [3.63, 3.8) is 0 Å². The van der Waals surface area contributed by atoms with Crippen LogP contribution in [0.15, 0.2) is 30.3 Å². The van der Waals surface area contributed by atoms with E-state index in [1.807, 2.05) is 30.3 Å².